The molecule has 0 saturated carbocycles. The van der Waals surface area contributed by atoms with E-state index >= 15 is 0 Å². The summed E-state index contributed by atoms with van der Waals surface area (Å²) in [5.74, 6) is 0.932. The maximum Gasteiger partial charge on any atom is 0.223 e. The van der Waals surface area contributed by atoms with Gasteiger partial charge in [0, 0.05) is 5.92 Å². The molecular formula is C17H28N2O2. The number of rotatable bonds is 8. The molecule has 0 spiro atoms. The number of carbonyl (C=O) groups is 1. The Hall–Kier alpha value is -1.55. The lowest BCUT2D eigenvalue weighted by Crippen LogP contribution is -2.31. The van der Waals surface area contributed by atoms with Gasteiger partial charge in [0.2, 0.25) is 5.91 Å². The van der Waals surface area contributed by atoms with E-state index in [1.165, 1.54) is 0 Å². The van der Waals surface area contributed by atoms with Crippen LogP contribution in [0.2, 0.25) is 0 Å². The van der Waals surface area contributed by atoms with Crippen molar-refractivity contribution in [3.05, 3.63) is 29.8 Å². The van der Waals surface area contributed by atoms with Crippen LogP contribution in [0.15, 0.2) is 24.3 Å². The lowest BCUT2D eigenvalue weighted by atomic mass is 10.0. The van der Waals surface area contributed by atoms with Crippen LogP contribution in [0, 0.1) is 5.92 Å². The summed E-state index contributed by atoms with van der Waals surface area (Å²) in [4.78, 5) is 12.1. The second-order valence-electron chi connectivity index (χ2n) is 5.80. The Kier molecular flexibility index (Phi) is 7.23. The molecule has 1 aromatic rings. The minimum absolute atomic E-state index is 0.000419. The molecule has 2 unspecified atom stereocenters. The second-order valence-corrected chi connectivity index (χ2v) is 5.80. The number of benzene rings is 1. The third kappa shape index (κ3) is 6.17. The topological polar surface area (TPSA) is 64.3 Å². The average Bonchev–Trinajstić information content (AvgIpc) is 2.44. The second kappa shape index (κ2) is 8.67. The highest BCUT2D eigenvalue weighted by atomic mass is 16.5. The first-order chi connectivity index (χ1) is 9.93. The van der Waals surface area contributed by atoms with E-state index in [9.17, 15) is 4.79 Å². The first-order valence-electron chi connectivity index (χ1n) is 7.71. The van der Waals surface area contributed by atoms with Gasteiger partial charge in [-0.1, -0.05) is 19.1 Å². The van der Waals surface area contributed by atoms with E-state index in [4.69, 9.17) is 10.5 Å². The van der Waals surface area contributed by atoms with Crippen molar-refractivity contribution < 1.29 is 9.53 Å². The van der Waals surface area contributed by atoms with Crippen molar-refractivity contribution in [1.82, 2.24) is 5.32 Å². The summed E-state index contributed by atoms with van der Waals surface area (Å²) in [6.07, 6.45) is 1.87. The molecule has 1 amide bonds. The van der Waals surface area contributed by atoms with Crippen LogP contribution in [0.1, 0.15) is 52.1 Å². The van der Waals surface area contributed by atoms with Crippen LogP contribution >= 0.6 is 0 Å². The summed E-state index contributed by atoms with van der Waals surface area (Å²) in [5, 5.41) is 3.04. The molecular weight excluding hydrogens is 264 g/mol. The van der Waals surface area contributed by atoms with Crippen LogP contribution in [-0.4, -0.2) is 18.6 Å². The number of hydrogen-bond donors (Lipinski definition) is 2. The summed E-state index contributed by atoms with van der Waals surface area (Å²) >= 11 is 0. The number of ether oxygens (including phenoxy) is 1. The Balaban J connectivity index is 2.54. The molecule has 1 aromatic carbocycles. The predicted molar refractivity (Wildman–Crippen MR) is 86.2 cm³/mol. The van der Waals surface area contributed by atoms with E-state index in [1.54, 1.807) is 0 Å². The number of carbonyl (C=O) groups excluding carboxylic acids is 1. The lowest BCUT2D eigenvalue weighted by Gasteiger charge is -2.18. The van der Waals surface area contributed by atoms with Crippen molar-refractivity contribution in [1.29, 1.82) is 0 Å². The molecule has 0 bridgehead atoms. The summed E-state index contributed by atoms with van der Waals surface area (Å²) in [5.41, 5.74) is 6.55. The van der Waals surface area contributed by atoms with Crippen LogP contribution in [0.3, 0.4) is 0 Å². The van der Waals surface area contributed by atoms with E-state index < -0.39 is 0 Å². The molecule has 4 nitrogen and oxygen atoms in total. The van der Waals surface area contributed by atoms with Crippen LogP contribution in [0.4, 0.5) is 0 Å². The zero-order valence-corrected chi connectivity index (χ0v) is 13.6. The highest BCUT2D eigenvalue weighted by molar-refractivity contribution is 5.78. The number of nitrogens with one attached hydrogen (secondary N) is 1. The molecule has 0 heterocycles. The zero-order valence-electron chi connectivity index (χ0n) is 13.6. The van der Waals surface area contributed by atoms with Gasteiger partial charge in [0.1, 0.15) is 5.75 Å². The Morgan fingerprint density at radius 2 is 1.81 bits per heavy atom. The molecule has 0 fully saturated rings. The van der Waals surface area contributed by atoms with Gasteiger partial charge in [0.15, 0.2) is 0 Å². The molecule has 0 aliphatic rings. The van der Waals surface area contributed by atoms with Gasteiger partial charge in [0.05, 0.1) is 12.1 Å². The third-order valence-corrected chi connectivity index (χ3v) is 3.40. The van der Waals surface area contributed by atoms with E-state index in [-0.39, 0.29) is 24.0 Å². The van der Waals surface area contributed by atoms with Crippen LogP contribution in [0.25, 0.3) is 0 Å². The van der Waals surface area contributed by atoms with Gasteiger partial charge in [-0.3, -0.25) is 4.79 Å². The Morgan fingerprint density at radius 3 is 2.33 bits per heavy atom. The number of nitrogens with two attached hydrogens (primary N) is 1. The van der Waals surface area contributed by atoms with Gasteiger partial charge in [-0.25, -0.2) is 0 Å². The minimum atomic E-state index is -0.00840. The molecule has 0 radical (unpaired) electrons. The standard InChI is InChI=1S/C17H28N2O2/c1-12(2)21-16-9-7-15(8-10-16)14(4)19-17(20)13(3)6-5-11-18/h7-10,12-14H,5-6,11,18H2,1-4H3,(H,19,20). The molecule has 3 N–H and O–H groups in total. The minimum Gasteiger partial charge on any atom is -0.491 e. The molecule has 1 rings (SSSR count). The first-order valence-corrected chi connectivity index (χ1v) is 7.71. The Morgan fingerprint density at radius 1 is 1.19 bits per heavy atom. The molecule has 4 heteroatoms. The summed E-state index contributed by atoms with van der Waals surface area (Å²) in [7, 11) is 0. The van der Waals surface area contributed by atoms with Crippen molar-refractivity contribution in [3.63, 3.8) is 0 Å². The Labute approximate surface area is 128 Å². The maximum atomic E-state index is 12.1. The SMILES string of the molecule is CC(C)Oc1ccc(C(C)NC(=O)C(C)CCCN)cc1. The summed E-state index contributed by atoms with van der Waals surface area (Å²) < 4.78 is 5.61. The van der Waals surface area contributed by atoms with Crippen LogP contribution < -0.4 is 15.8 Å². The smallest absolute Gasteiger partial charge is 0.223 e. The fourth-order valence-electron chi connectivity index (χ4n) is 2.10. The predicted octanol–water partition coefficient (Wildman–Crippen LogP) is 3.03. The quantitative estimate of drug-likeness (QED) is 0.774. The molecule has 0 aliphatic heterocycles. The molecule has 2 atom stereocenters. The van der Waals surface area contributed by atoms with Crippen molar-refractivity contribution in [2.45, 2.75) is 52.7 Å². The number of amides is 1. The summed E-state index contributed by atoms with van der Waals surface area (Å²) in [6, 6.07) is 7.86. The van der Waals surface area contributed by atoms with Gasteiger partial charge in [-0.2, -0.15) is 0 Å². The normalized spacial score (nSPS) is 13.8. The van der Waals surface area contributed by atoms with Crippen molar-refractivity contribution in [2.24, 2.45) is 11.7 Å². The van der Waals surface area contributed by atoms with Crippen molar-refractivity contribution in [2.75, 3.05) is 6.54 Å². The fourth-order valence-corrected chi connectivity index (χ4v) is 2.10. The van der Waals surface area contributed by atoms with Crippen molar-refractivity contribution >= 4 is 5.91 Å². The van der Waals surface area contributed by atoms with Crippen molar-refractivity contribution in [3.8, 4) is 5.75 Å². The largest absolute Gasteiger partial charge is 0.491 e. The highest BCUT2D eigenvalue weighted by Gasteiger charge is 2.15. The van der Waals surface area contributed by atoms with Gasteiger partial charge < -0.3 is 15.8 Å². The Bertz CT molecular complexity index is 429. The van der Waals surface area contributed by atoms with Gasteiger partial charge in [0.25, 0.3) is 0 Å². The average molecular weight is 292 g/mol. The third-order valence-electron chi connectivity index (χ3n) is 3.40. The van der Waals surface area contributed by atoms with E-state index in [2.05, 4.69) is 5.32 Å². The van der Waals surface area contributed by atoms with E-state index in [0.29, 0.717) is 6.54 Å². The highest BCUT2D eigenvalue weighted by Crippen LogP contribution is 2.19. The number of hydrogen-bond acceptors (Lipinski definition) is 3. The maximum absolute atomic E-state index is 12.1. The van der Waals surface area contributed by atoms with E-state index in [0.717, 1.165) is 24.2 Å². The van der Waals surface area contributed by atoms with Gasteiger partial charge in [-0.05, 0) is 57.9 Å². The van der Waals surface area contributed by atoms with E-state index in [1.807, 2.05) is 52.0 Å². The monoisotopic (exact) mass is 292 g/mol. The fraction of sp³-hybridized carbons (Fsp3) is 0.588. The molecule has 118 valence electrons. The first kappa shape index (κ1) is 17.5. The molecule has 21 heavy (non-hydrogen) atoms. The van der Waals surface area contributed by atoms with Crippen LogP contribution in [0.5, 0.6) is 5.75 Å². The molecule has 0 saturated heterocycles. The zero-order chi connectivity index (χ0) is 15.8. The lowest BCUT2D eigenvalue weighted by molar-refractivity contribution is -0.125. The van der Waals surface area contributed by atoms with Gasteiger partial charge >= 0.3 is 0 Å². The van der Waals surface area contributed by atoms with Crippen LogP contribution in [-0.2, 0) is 4.79 Å². The van der Waals surface area contributed by atoms with Gasteiger partial charge in [-0.15, -0.1) is 0 Å². The molecule has 0 aromatic heterocycles. The summed E-state index contributed by atoms with van der Waals surface area (Å²) in [6.45, 7) is 8.56. The molecule has 0 aliphatic carbocycles.